The lowest BCUT2D eigenvalue weighted by molar-refractivity contribution is -0.121. The Labute approximate surface area is 176 Å². The van der Waals surface area contributed by atoms with Crippen LogP contribution in [0, 0.1) is 0 Å². The summed E-state index contributed by atoms with van der Waals surface area (Å²) in [5.74, 6) is -0.909. The molecule has 1 aliphatic rings. The molecule has 0 radical (unpaired) electrons. The lowest BCUT2D eigenvalue weighted by Crippen LogP contribution is -2.41. The summed E-state index contributed by atoms with van der Waals surface area (Å²) in [4.78, 5) is 26.1. The number of alkyl halides is 3. The number of carbonyl (C=O) groups is 2. The van der Waals surface area contributed by atoms with E-state index in [0.717, 1.165) is 12.1 Å². The van der Waals surface area contributed by atoms with Gasteiger partial charge in [0.15, 0.2) is 0 Å². The first-order chi connectivity index (χ1) is 14.4. The van der Waals surface area contributed by atoms with E-state index in [4.69, 9.17) is 0 Å². The summed E-state index contributed by atoms with van der Waals surface area (Å²) in [7, 11) is -4.36. The number of anilines is 1. The maximum absolute atomic E-state index is 12.6. The van der Waals surface area contributed by atoms with Gasteiger partial charge in [-0.25, -0.2) is 13.1 Å². The van der Waals surface area contributed by atoms with Gasteiger partial charge >= 0.3 is 6.18 Å². The molecule has 1 heterocycles. The van der Waals surface area contributed by atoms with Crippen LogP contribution >= 0.6 is 0 Å². The van der Waals surface area contributed by atoms with E-state index in [9.17, 15) is 31.2 Å². The second kappa shape index (κ2) is 8.16. The Morgan fingerprint density at radius 2 is 1.68 bits per heavy atom. The molecule has 2 N–H and O–H groups in total. The summed E-state index contributed by atoms with van der Waals surface area (Å²) in [5, 5.41) is 2.55. The van der Waals surface area contributed by atoms with Gasteiger partial charge < -0.3 is 5.32 Å². The highest BCUT2D eigenvalue weighted by Gasteiger charge is 2.36. The van der Waals surface area contributed by atoms with E-state index in [0.29, 0.717) is 16.8 Å². The van der Waals surface area contributed by atoms with E-state index in [1.165, 1.54) is 28.7 Å². The fourth-order valence-electron chi connectivity index (χ4n) is 3.05. The molecule has 164 valence electrons. The summed E-state index contributed by atoms with van der Waals surface area (Å²) in [6, 6.07) is 10.5. The normalized spacial score (nSPS) is 15.0. The average molecular weight is 453 g/mol. The first-order valence-electron chi connectivity index (χ1n) is 9.00. The van der Waals surface area contributed by atoms with Gasteiger partial charge in [-0.05, 0) is 37.3 Å². The molecule has 0 bridgehead atoms. The minimum absolute atomic E-state index is 0.210. The van der Waals surface area contributed by atoms with Crippen molar-refractivity contribution in [1.82, 2.24) is 9.62 Å². The Balaban J connectivity index is 1.69. The van der Waals surface area contributed by atoms with Gasteiger partial charge in [0.25, 0.3) is 5.91 Å². The van der Waals surface area contributed by atoms with Crippen LogP contribution in [0.4, 0.5) is 18.9 Å². The molecule has 0 saturated carbocycles. The zero-order valence-electron chi connectivity index (χ0n) is 16.2. The third-order valence-electron chi connectivity index (χ3n) is 4.64. The lowest BCUT2D eigenvalue weighted by atomic mass is 10.1. The number of hydrogen-bond acceptors (Lipinski definition) is 4. The lowest BCUT2D eigenvalue weighted by Gasteiger charge is -2.24. The number of halogens is 3. The second-order valence-electron chi connectivity index (χ2n) is 6.80. The Bertz CT molecular complexity index is 1110. The van der Waals surface area contributed by atoms with Crippen LogP contribution in [-0.4, -0.2) is 43.9 Å². The van der Waals surface area contributed by atoms with Crippen LogP contribution in [0.1, 0.15) is 22.8 Å². The molecule has 7 nitrogen and oxygen atoms in total. The number of nitrogens with one attached hydrogen (secondary N) is 2. The first kappa shape index (κ1) is 22.5. The highest BCUT2D eigenvalue weighted by molar-refractivity contribution is 7.89. The van der Waals surface area contributed by atoms with Crippen LogP contribution in [0.25, 0.3) is 5.70 Å². The number of carbonyl (C=O) groups excluding carboxylic acids is 2. The molecule has 0 aromatic heterocycles. The van der Waals surface area contributed by atoms with Gasteiger partial charge in [-0.2, -0.15) is 13.2 Å². The molecule has 1 atom stereocenters. The third-order valence-corrected chi connectivity index (χ3v) is 6.06. The summed E-state index contributed by atoms with van der Waals surface area (Å²) < 4.78 is 62.0. The highest BCUT2D eigenvalue weighted by Crippen LogP contribution is 2.33. The van der Waals surface area contributed by atoms with Crippen molar-refractivity contribution in [1.29, 1.82) is 0 Å². The van der Waals surface area contributed by atoms with Crippen molar-refractivity contribution in [2.75, 3.05) is 11.9 Å². The zero-order valence-corrected chi connectivity index (χ0v) is 17.0. The molecule has 2 amide bonds. The molecule has 2 aromatic carbocycles. The second-order valence-corrected chi connectivity index (χ2v) is 8.56. The molecular formula is C20H18F3N3O4S. The van der Waals surface area contributed by atoms with Gasteiger partial charge in [0.2, 0.25) is 15.9 Å². The summed E-state index contributed by atoms with van der Waals surface area (Å²) in [5.41, 5.74) is 1.67. The van der Waals surface area contributed by atoms with Crippen molar-refractivity contribution < 1.29 is 31.2 Å². The van der Waals surface area contributed by atoms with E-state index in [1.54, 1.807) is 24.3 Å². The number of benzene rings is 2. The van der Waals surface area contributed by atoms with Crippen LogP contribution in [0.15, 0.2) is 60.0 Å². The summed E-state index contributed by atoms with van der Waals surface area (Å²) in [6.07, 6.45) is -4.69. The third kappa shape index (κ3) is 4.78. The van der Waals surface area contributed by atoms with Gasteiger partial charge in [-0.3, -0.25) is 14.5 Å². The Kier molecular flexibility index (Phi) is 5.92. The molecule has 0 spiro atoms. The van der Waals surface area contributed by atoms with Crippen LogP contribution in [-0.2, 0) is 14.8 Å². The predicted octanol–water partition coefficient (Wildman–Crippen LogP) is 2.98. The molecule has 31 heavy (non-hydrogen) atoms. The SMILES string of the molecule is C=C1c2ccccc2C(=O)N1C(C)C(=O)Nc1ccc(S(=O)(=O)NCC(F)(F)F)cc1. The van der Waals surface area contributed by atoms with Crippen molar-refractivity contribution in [2.24, 2.45) is 0 Å². The Morgan fingerprint density at radius 1 is 1.10 bits per heavy atom. The molecule has 11 heteroatoms. The molecule has 0 saturated heterocycles. The molecule has 2 aromatic rings. The van der Waals surface area contributed by atoms with Crippen LogP contribution in [0.5, 0.6) is 0 Å². The number of fused-ring (bicyclic) bond motifs is 1. The smallest absolute Gasteiger partial charge is 0.324 e. The maximum Gasteiger partial charge on any atom is 0.402 e. The average Bonchev–Trinajstić information content (AvgIpc) is 2.96. The summed E-state index contributed by atoms with van der Waals surface area (Å²) >= 11 is 0. The summed E-state index contributed by atoms with van der Waals surface area (Å²) in [6.45, 7) is 3.71. The predicted molar refractivity (Wildman–Crippen MR) is 107 cm³/mol. The van der Waals surface area contributed by atoms with E-state index in [2.05, 4.69) is 11.9 Å². The Morgan fingerprint density at radius 3 is 2.23 bits per heavy atom. The monoisotopic (exact) mass is 453 g/mol. The molecule has 3 rings (SSSR count). The van der Waals surface area contributed by atoms with Gasteiger partial charge in [-0.15, -0.1) is 0 Å². The van der Waals surface area contributed by atoms with E-state index in [-0.39, 0.29) is 16.5 Å². The zero-order chi connectivity index (χ0) is 23.0. The molecule has 1 unspecified atom stereocenters. The Hall–Kier alpha value is -3.18. The van der Waals surface area contributed by atoms with Crippen molar-refractivity contribution in [2.45, 2.75) is 24.0 Å². The molecule has 0 fully saturated rings. The topological polar surface area (TPSA) is 95.6 Å². The van der Waals surface area contributed by atoms with E-state index < -0.39 is 34.7 Å². The highest BCUT2D eigenvalue weighted by atomic mass is 32.2. The fourth-order valence-corrected chi connectivity index (χ4v) is 4.07. The quantitative estimate of drug-likeness (QED) is 0.703. The number of hydrogen-bond donors (Lipinski definition) is 2. The standard InChI is InChI=1S/C20H18F3N3O4S/c1-12-16-5-3-4-6-17(16)19(28)26(12)13(2)18(27)25-14-7-9-15(10-8-14)31(29,30)24-11-20(21,22)23/h3-10,13,24H,1,11H2,2H3,(H,25,27). The minimum atomic E-state index is -4.69. The number of sulfonamides is 1. The van der Waals surface area contributed by atoms with Crippen LogP contribution < -0.4 is 10.0 Å². The number of nitrogens with zero attached hydrogens (tertiary/aromatic N) is 1. The van der Waals surface area contributed by atoms with Gasteiger partial charge in [0, 0.05) is 22.5 Å². The maximum atomic E-state index is 12.6. The number of rotatable bonds is 6. The van der Waals surface area contributed by atoms with Crippen molar-refractivity contribution in [3.8, 4) is 0 Å². The van der Waals surface area contributed by atoms with Crippen molar-refractivity contribution >= 4 is 33.2 Å². The molecule has 0 aliphatic carbocycles. The van der Waals surface area contributed by atoms with Crippen molar-refractivity contribution in [3.63, 3.8) is 0 Å². The van der Waals surface area contributed by atoms with E-state index in [1.807, 2.05) is 0 Å². The van der Waals surface area contributed by atoms with Crippen LogP contribution in [0.2, 0.25) is 0 Å². The largest absolute Gasteiger partial charge is 0.402 e. The number of amides is 2. The fraction of sp³-hybridized carbons (Fsp3) is 0.200. The van der Waals surface area contributed by atoms with Crippen molar-refractivity contribution in [3.05, 3.63) is 66.2 Å². The minimum Gasteiger partial charge on any atom is -0.324 e. The first-order valence-corrected chi connectivity index (χ1v) is 10.5. The van der Waals surface area contributed by atoms with Gasteiger partial charge in [0.05, 0.1) is 4.90 Å². The van der Waals surface area contributed by atoms with Gasteiger partial charge in [0.1, 0.15) is 12.6 Å². The molecule has 1 aliphatic heterocycles. The van der Waals surface area contributed by atoms with Crippen LogP contribution in [0.3, 0.4) is 0 Å². The molecular weight excluding hydrogens is 435 g/mol. The van der Waals surface area contributed by atoms with Gasteiger partial charge in [-0.1, -0.05) is 24.8 Å². The van der Waals surface area contributed by atoms with E-state index >= 15 is 0 Å².